The molecule has 0 aliphatic heterocycles. The van der Waals surface area contributed by atoms with Gasteiger partial charge in [0.1, 0.15) is 5.54 Å². The van der Waals surface area contributed by atoms with Gasteiger partial charge in [-0.05, 0) is 12.8 Å². The van der Waals surface area contributed by atoms with Crippen molar-refractivity contribution in [2.45, 2.75) is 30.7 Å². The van der Waals surface area contributed by atoms with Gasteiger partial charge in [0.25, 0.3) is 0 Å². The summed E-state index contributed by atoms with van der Waals surface area (Å²) in [6.07, 6.45) is -5.29. The molecule has 0 spiro atoms. The molecular formula is C7H12F3NO2. The molecule has 0 bridgehead atoms. The van der Waals surface area contributed by atoms with E-state index >= 15 is 0 Å². The smallest absolute Gasteiger partial charge is 0.394 e. The standard InChI is InChI=1S/C7H12F3NO2/c8-7(9,10)6(1-2-6)11-3-5(13)4-12/h5,11-13H,1-4H2. The number of halogens is 3. The van der Waals surface area contributed by atoms with Crippen LogP contribution < -0.4 is 5.32 Å². The number of rotatable bonds is 4. The molecule has 6 heteroatoms. The third-order valence-electron chi connectivity index (χ3n) is 2.18. The first-order valence-electron chi connectivity index (χ1n) is 4.02. The van der Waals surface area contributed by atoms with E-state index in [0.717, 1.165) is 0 Å². The van der Waals surface area contributed by atoms with E-state index in [9.17, 15) is 13.2 Å². The SMILES string of the molecule is OCC(O)CNC1(C(F)(F)F)CC1. The monoisotopic (exact) mass is 199 g/mol. The summed E-state index contributed by atoms with van der Waals surface area (Å²) < 4.78 is 36.7. The van der Waals surface area contributed by atoms with Crippen LogP contribution in [0.1, 0.15) is 12.8 Å². The maximum Gasteiger partial charge on any atom is 0.406 e. The van der Waals surface area contributed by atoms with Crippen LogP contribution in [0.4, 0.5) is 13.2 Å². The average molecular weight is 199 g/mol. The molecule has 13 heavy (non-hydrogen) atoms. The molecule has 0 aromatic heterocycles. The van der Waals surface area contributed by atoms with Crippen molar-refractivity contribution in [1.82, 2.24) is 5.32 Å². The van der Waals surface area contributed by atoms with Crippen LogP contribution in [0.25, 0.3) is 0 Å². The first-order valence-corrected chi connectivity index (χ1v) is 4.02. The van der Waals surface area contributed by atoms with Gasteiger partial charge in [-0.3, -0.25) is 0 Å². The lowest BCUT2D eigenvalue weighted by atomic mass is 10.2. The van der Waals surface area contributed by atoms with Crippen LogP contribution in [0.3, 0.4) is 0 Å². The zero-order valence-electron chi connectivity index (χ0n) is 6.93. The summed E-state index contributed by atoms with van der Waals surface area (Å²) in [6.45, 7) is -0.753. The van der Waals surface area contributed by atoms with E-state index in [1.165, 1.54) is 0 Å². The second-order valence-electron chi connectivity index (χ2n) is 3.30. The van der Waals surface area contributed by atoms with Crippen LogP contribution in [-0.4, -0.2) is 41.2 Å². The van der Waals surface area contributed by atoms with E-state index in [4.69, 9.17) is 10.2 Å². The highest BCUT2D eigenvalue weighted by Crippen LogP contribution is 2.48. The van der Waals surface area contributed by atoms with Crippen molar-refractivity contribution in [2.75, 3.05) is 13.2 Å². The van der Waals surface area contributed by atoms with Crippen LogP contribution in [0, 0.1) is 0 Å². The lowest BCUT2D eigenvalue weighted by Crippen LogP contribution is -2.48. The molecule has 3 nitrogen and oxygen atoms in total. The van der Waals surface area contributed by atoms with Crippen molar-refractivity contribution in [3.05, 3.63) is 0 Å². The minimum atomic E-state index is -4.26. The predicted octanol–water partition coefficient (Wildman–Crippen LogP) is 0.0241. The first-order chi connectivity index (χ1) is 5.91. The van der Waals surface area contributed by atoms with E-state index in [0.29, 0.717) is 0 Å². The molecule has 1 aliphatic carbocycles. The summed E-state index contributed by atoms with van der Waals surface area (Å²) in [5, 5.41) is 19.4. The number of hydrogen-bond donors (Lipinski definition) is 3. The van der Waals surface area contributed by atoms with Crippen molar-refractivity contribution in [1.29, 1.82) is 0 Å². The van der Waals surface area contributed by atoms with Crippen molar-refractivity contribution in [3.8, 4) is 0 Å². The Morgan fingerprint density at radius 1 is 1.38 bits per heavy atom. The van der Waals surface area contributed by atoms with Gasteiger partial charge in [-0.25, -0.2) is 0 Å². The molecule has 3 N–H and O–H groups in total. The second-order valence-corrected chi connectivity index (χ2v) is 3.30. The zero-order chi connectivity index (χ0) is 10.1. The van der Waals surface area contributed by atoms with Gasteiger partial charge in [0.2, 0.25) is 0 Å². The van der Waals surface area contributed by atoms with Gasteiger partial charge in [-0.15, -0.1) is 0 Å². The Hall–Kier alpha value is -0.330. The Morgan fingerprint density at radius 3 is 2.23 bits per heavy atom. The summed E-state index contributed by atoms with van der Waals surface area (Å²) in [6, 6.07) is 0. The molecule has 0 saturated heterocycles. The second kappa shape index (κ2) is 3.43. The average Bonchev–Trinajstić information content (AvgIpc) is 2.79. The molecule has 1 rings (SSSR count). The minimum Gasteiger partial charge on any atom is -0.394 e. The Bertz CT molecular complexity index is 179. The number of β-amino-alcohol motifs (C(OH)–C–C–N with tert-alkyl or cyclic N) is 1. The van der Waals surface area contributed by atoms with Gasteiger partial charge >= 0.3 is 6.18 Å². The largest absolute Gasteiger partial charge is 0.406 e. The van der Waals surface area contributed by atoms with E-state index in [-0.39, 0.29) is 19.4 Å². The topological polar surface area (TPSA) is 52.5 Å². The van der Waals surface area contributed by atoms with E-state index in [2.05, 4.69) is 5.32 Å². The highest BCUT2D eigenvalue weighted by Gasteiger charge is 2.63. The number of aliphatic hydroxyl groups excluding tert-OH is 2. The highest BCUT2D eigenvalue weighted by atomic mass is 19.4. The summed E-state index contributed by atoms with van der Waals surface area (Å²) in [5.41, 5.74) is -1.80. The number of alkyl halides is 3. The Labute approximate surface area is 73.6 Å². The number of nitrogens with one attached hydrogen (secondary N) is 1. The molecule has 1 aliphatic rings. The van der Waals surface area contributed by atoms with Gasteiger partial charge in [0.15, 0.2) is 0 Å². The molecule has 0 aromatic rings. The van der Waals surface area contributed by atoms with Crippen LogP contribution in [0.2, 0.25) is 0 Å². The highest BCUT2D eigenvalue weighted by molar-refractivity contribution is 5.07. The Morgan fingerprint density at radius 2 is 1.92 bits per heavy atom. The summed E-state index contributed by atoms with van der Waals surface area (Å²) in [5.74, 6) is 0. The molecule has 1 saturated carbocycles. The van der Waals surface area contributed by atoms with Gasteiger partial charge < -0.3 is 15.5 Å². The molecule has 0 radical (unpaired) electrons. The van der Waals surface area contributed by atoms with Gasteiger partial charge in [0.05, 0.1) is 12.7 Å². The first kappa shape index (κ1) is 10.7. The van der Waals surface area contributed by atoms with E-state index < -0.39 is 24.4 Å². The number of aliphatic hydroxyl groups is 2. The van der Waals surface area contributed by atoms with Crippen molar-refractivity contribution >= 4 is 0 Å². The van der Waals surface area contributed by atoms with Crippen molar-refractivity contribution in [3.63, 3.8) is 0 Å². The van der Waals surface area contributed by atoms with Crippen LogP contribution >= 0.6 is 0 Å². The molecule has 0 amide bonds. The lowest BCUT2D eigenvalue weighted by molar-refractivity contribution is -0.167. The molecule has 0 aromatic carbocycles. The third-order valence-corrected chi connectivity index (χ3v) is 2.18. The van der Waals surface area contributed by atoms with Crippen LogP contribution in [0.15, 0.2) is 0 Å². The fourth-order valence-corrected chi connectivity index (χ4v) is 1.06. The van der Waals surface area contributed by atoms with Gasteiger partial charge in [-0.1, -0.05) is 0 Å². The normalized spacial score (nSPS) is 22.8. The predicted molar refractivity (Wildman–Crippen MR) is 39.1 cm³/mol. The van der Waals surface area contributed by atoms with Crippen LogP contribution in [-0.2, 0) is 0 Å². The fourth-order valence-electron chi connectivity index (χ4n) is 1.06. The summed E-state index contributed by atoms with van der Waals surface area (Å²) in [4.78, 5) is 0. The van der Waals surface area contributed by atoms with Crippen molar-refractivity contribution < 1.29 is 23.4 Å². The quantitative estimate of drug-likeness (QED) is 0.598. The van der Waals surface area contributed by atoms with E-state index in [1.807, 2.05) is 0 Å². The molecule has 1 atom stereocenters. The zero-order valence-corrected chi connectivity index (χ0v) is 6.93. The Balaban J connectivity index is 2.36. The van der Waals surface area contributed by atoms with Gasteiger partial charge in [0, 0.05) is 6.54 Å². The fraction of sp³-hybridized carbons (Fsp3) is 1.00. The van der Waals surface area contributed by atoms with E-state index in [1.54, 1.807) is 0 Å². The molecule has 0 heterocycles. The maximum atomic E-state index is 12.2. The molecule has 78 valence electrons. The van der Waals surface area contributed by atoms with Crippen LogP contribution in [0.5, 0.6) is 0 Å². The summed E-state index contributed by atoms with van der Waals surface area (Å²) >= 11 is 0. The minimum absolute atomic E-state index is 0.0502. The summed E-state index contributed by atoms with van der Waals surface area (Å²) in [7, 11) is 0. The van der Waals surface area contributed by atoms with Gasteiger partial charge in [-0.2, -0.15) is 13.2 Å². The molecule has 1 unspecified atom stereocenters. The lowest BCUT2D eigenvalue weighted by Gasteiger charge is -2.21. The number of hydrogen-bond acceptors (Lipinski definition) is 3. The maximum absolute atomic E-state index is 12.2. The molecular weight excluding hydrogens is 187 g/mol. The third kappa shape index (κ3) is 2.32. The Kier molecular flexibility index (Phi) is 2.84. The van der Waals surface area contributed by atoms with Crippen molar-refractivity contribution in [2.24, 2.45) is 0 Å². The molecule has 1 fully saturated rings.